The van der Waals surface area contributed by atoms with Crippen molar-refractivity contribution in [2.75, 3.05) is 47.9 Å². The van der Waals surface area contributed by atoms with Gasteiger partial charge in [-0.05, 0) is 136 Å². The Balaban J connectivity index is 0.828. The molecule has 1 fully saturated rings. The number of aryl methyl sites for hydroxylation is 2. The predicted octanol–water partition coefficient (Wildman–Crippen LogP) is 9.68. The lowest BCUT2D eigenvalue weighted by Crippen LogP contribution is -2.40. The zero-order valence-corrected chi connectivity index (χ0v) is 37.5. The van der Waals surface area contributed by atoms with Crippen LogP contribution in [-0.4, -0.2) is 49.4 Å². The van der Waals surface area contributed by atoms with Crippen LogP contribution in [0.3, 0.4) is 0 Å². The van der Waals surface area contributed by atoms with E-state index in [1.54, 1.807) is 0 Å². The number of nitrogens with one attached hydrogen (secondary N) is 6. The Hall–Kier alpha value is -7.08. The maximum Gasteiger partial charge on any atom is 0.223 e. The van der Waals surface area contributed by atoms with Crippen LogP contribution in [0, 0.1) is 25.7 Å². The van der Waals surface area contributed by atoms with Gasteiger partial charge in [0.1, 0.15) is 0 Å². The molecule has 64 heavy (non-hydrogen) atoms. The summed E-state index contributed by atoms with van der Waals surface area (Å²) >= 11 is 0. The highest BCUT2D eigenvalue weighted by Gasteiger charge is 2.29. The number of nitrogens with two attached hydrogens (primary N) is 2. The number of hydrogen-bond donors (Lipinski definition) is 8. The second-order valence-corrected chi connectivity index (χ2v) is 16.9. The molecule has 0 spiro atoms. The Morgan fingerprint density at radius 2 is 1.09 bits per heavy atom. The summed E-state index contributed by atoms with van der Waals surface area (Å²) < 4.78 is 0. The minimum Gasteiger partial charge on any atom is -0.399 e. The second kappa shape index (κ2) is 21.3. The highest BCUT2D eigenvalue weighted by Crippen LogP contribution is 2.36. The van der Waals surface area contributed by atoms with Gasteiger partial charge >= 0.3 is 0 Å². The van der Waals surface area contributed by atoms with E-state index in [0.717, 1.165) is 84.9 Å². The van der Waals surface area contributed by atoms with Crippen LogP contribution in [0.1, 0.15) is 63.5 Å². The van der Waals surface area contributed by atoms with Crippen molar-refractivity contribution in [3.05, 3.63) is 143 Å². The second-order valence-electron chi connectivity index (χ2n) is 16.9. The largest absolute Gasteiger partial charge is 0.399 e. The van der Waals surface area contributed by atoms with E-state index in [4.69, 9.17) is 21.5 Å². The molecule has 0 aliphatic heterocycles. The number of carbonyl (C=O) groups is 2. The summed E-state index contributed by atoms with van der Waals surface area (Å²) in [5.41, 5.74) is 27.3. The molecular weight excluding hydrogens is 797 g/mol. The summed E-state index contributed by atoms with van der Waals surface area (Å²) in [6, 6.07) is 28.2. The van der Waals surface area contributed by atoms with Crippen LogP contribution in [0.4, 0.5) is 45.5 Å². The van der Waals surface area contributed by atoms with E-state index in [2.05, 4.69) is 70.0 Å². The van der Waals surface area contributed by atoms with Crippen LogP contribution in [0.15, 0.2) is 142 Å². The minimum absolute atomic E-state index is 0.0492. The van der Waals surface area contributed by atoms with Crippen LogP contribution in [0.5, 0.6) is 0 Å². The molecule has 12 heteroatoms. The number of nitrogens with zero attached hydrogens (tertiary/aromatic N) is 2. The number of para-hydroxylation sites is 2. The molecule has 0 bridgehead atoms. The SMILES string of the molecule is CC1=CC(=Nc2cc(NCCNC(=O)C3CCC(C(=O)NCCNC4=CCC(=Nc5cc(C)c(N)cc5Nc5ccccc5)C=C4C)CC3)c(C)cc2Nc2ccccc2)CC=C1N. The van der Waals surface area contributed by atoms with Gasteiger partial charge in [0.2, 0.25) is 11.8 Å². The van der Waals surface area contributed by atoms with Gasteiger partial charge in [0.15, 0.2) is 0 Å². The summed E-state index contributed by atoms with van der Waals surface area (Å²) in [7, 11) is 0. The van der Waals surface area contributed by atoms with Crippen molar-refractivity contribution in [2.24, 2.45) is 27.6 Å². The van der Waals surface area contributed by atoms with Crippen LogP contribution >= 0.6 is 0 Å². The standard InChI is InChI=1S/C52H62N10O2/c1-33-27-41(19-21-43(33)53)62-50-32-46(36(4)30-48(50)59-39-11-7-5-8-12-39)56-24-26-58-52(64)38-17-15-37(16-18-38)51(63)57-25-23-55-45-22-20-42(28-35(45)3)61-47-29-34(2)44(54)31-49(47)60-40-13-9-6-10-14-40/h5-14,21-22,27-32,37-38,55-56,59-60H,15-20,23-26,53-54H2,1-4H3,(H,57,63)(H,58,64). The van der Waals surface area contributed by atoms with Gasteiger partial charge in [-0.25, -0.2) is 0 Å². The van der Waals surface area contributed by atoms with Gasteiger partial charge in [0.25, 0.3) is 0 Å². The number of allylic oxidation sites excluding steroid dienone is 6. The zero-order valence-electron chi connectivity index (χ0n) is 37.5. The van der Waals surface area contributed by atoms with Crippen LogP contribution in [-0.2, 0) is 9.59 Å². The Morgan fingerprint density at radius 1 is 0.578 bits per heavy atom. The number of nitrogen functional groups attached to an aromatic ring is 1. The molecule has 3 aliphatic rings. The molecule has 0 unspecified atom stereocenters. The van der Waals surface area contributed by atoms with E-state index < -0.39 is 0 Å². The first-order valence-electron chi connectivity index (χ1n) is 22.4. The van der Waals surface area contributed by atoms with Gasteiger partial charge in [-0.2, -0.15) is 0 Å². The number of anilines is 6. The molecule has 0 radical (unpaired) electrons. The molecule has 4 aromatic rings. The van der Waals surface area contributed by atoms with Gasteiger partial charge in [-0.1, -0.05) is 48.6 Å². The van der Waals surface area contributed by atoms with Crippen molar-refractivity contribution in [1.29, 1.82) is 0 Å². The molecule has 0 heterocycles. The van der Waals surface area contributed by atoms with E-state index in [1.807, 2.05) is 98.8 Å². The fourth-order valence-corrected chi connectivity index (χ4v) is 8.21. The van der Waals surface area contributed by atoms with Crippen molar-refractivity contribution in [3.8, 4) is 0 Å². The number of carbonyl (C=O) groups excluding carboxylic acids is 2. The molecule has 4 aromatic carbocycles. The third kappa shape index (κ3) is 12.1. The van der Waals surface area contributed by atoms with Gasteiger partial charge in [0.05, 0.1) is 22.7 Å². The summed E-state index contributed by atoms with van der Waals surface area (Å²) in [6.07, 6.45) is 12.4. The van der Waals surface area contributed by atoms with Crippen molar-refractivity contribution >= 4 is 68.7 Å². The molecular formula is C52H62N10O2. The Bertz CT molecular complexity index is 2510. The van der Waals surface area contributed by atoms with Crippen molar-refractivity contribution in [3.63, 3.8) is 0 Å². The number of rotatable bonds is 16. The molecule has 7 rings (SSSR count). The lowest BCUT2D eigenvalue weighted by Gasteiger charge is -2.27. The monoisotopic (exact) mass is 859 g/mol. The van der Waals surface area contributed by atoms with Gasteiger partial charge in [-0.3, -0.25) is 19.6 Å². The molecule has 10 N–H and O–H groups in total. The normalized spacial score (nSPS) is 18.6. The maximum atomic E-state index is 13.2. The van der Waals surface area contributed by atoms with Gasteiger partial charge < -0.3 is 43.4 Å². The predicted molar refractivity (Wildman–Crippen MR) is 265 cm³/mol. The van der Waals surface area contributed by atoms with Gasteiger partial charge in [0, 0.05) is 96.4 Å². The Kier molecular flexibility index (Phi) is 15.0. The molecule has 0 aromatic heterocycles. The topological polar surface area (TPSA) is 183 Å². The average Bonchev–Trinajstić information content (AvgIpc) is 3.29. The number of benzene rings is 4. The van der Waals surface area contributed by atoms with Crippen LogP contribution < -0.4 is 43.4 Å². The number of amides is 2. The average molecular weight is 859 g/mol. The number of hydrogen-bond acceptors (Lipinski definition) is 10. The van der Waals surface area contributed by atoms with E-state index in [1.165, 1.54) is 0 Å². The molecule has 3 aliphatic carbocycles. The minimum atomic E-state index is -0.0921. The third-order valence-corrected chi connectivity index (χ3v) is 12.0. The van der Waals surface area contributed by atoms with Gasteiger partial charge in [-0.15, -0.1) is 0 Å². The molecule has 12 nitrogen and oxygen atoms in total. The molecule has 1 saturated carbocycles. The Labute approximate surface area is 377 Å². The lowest BCUT2D eigenvalue weighted by molar-refractivity contribution is -0.130. The van der Waals surface area contributed by atoms with E-state index >= 15 is 0 Å². The summed E-state index contributed by atoms with van der Waals surface area (Å²) in [6.45, 7) is 10.3. The first-order valence-corrected chi connectivity index (χ1v) is 22.4. The lowest BCUT2D eigenvalue weighted by atomic mass is 9.81. The highest BCUT2D eigenvalue weighted by molar-refractivity contribution is 6.02. The molecule has 0 atom stereocenters. The summed E-state index contributed by atoms with van der Waals surface area (Å²) in [4.78, 5) is 36.3. The summed E-state index contributed by atoms with van der Waals surface area (Å²) in [5.74, 6) is -0.0682. The first-order chi connectivity index (χ1) is 31.0. The van der Waals surface area contributed by atoms with Crippen molar-refractivity contribution in [2.45, 2.75) is 66.2 Å². The summed E-state index contributed by atoms with van der Waals surface area (Å²) in [5, 5.41) is 20.2. The Morgan fingerprint density at radius 3 is 1.66 bits per heavy atom. The quantitative estimate of drug-likeness (QED) is 0.0405. The zero-order chi connectivity index (χ0) is 45.0. The van der Waals surface area contributed by atoms with E-state index in [-0.39, 0.29) is 23.7 Å². The first kappa shape index (κ1) is 45.0. The van der Waals surface area contributed by atoms with E-state index in [0.29, 0.717) is 70.4 Å². The number of aliphatic imine (C=N–C) groups is 2. The highest BCUT2D eigenvalue weighted by atomic mass is 16.2. The van der Waals surface area contributed by atoms with Crippen molar-refractivity contribution in [1.82, 2.24) is 16.0 Å². The maximum absolute atomic E-state index is 13.2. The third-order valence-electron chi connectivity index (χ3n) is 12.0. The van der Waals surface area contributed by atoms with Crippen LogP contribution in [0.2, 0.25) is 0 Å². The van der Waals surface area contributed by atoms with E-state index in [9.17, 15) is 9.59 Å². The van der Waals surface area contributed by atoms with Crippen molar-refractivity contribution < 1.29 is 9.59 Å². The van der Waals surface area contributed by atoms with Crippen LogP contribution in [0.25, 0.3) is 0 Å². The molecule has 332 valence electrons. The fraction of sp³-hybridized carbons (Fsp3) is 0.308. The fourth-order valence-electron chi connectivity index (χ4n) is 8.21. The molecule has 0 saturated heterocycles. The smallest absolute Gasteiger partial charge is 0.223 e. The molecule has 2 amide bonds.